The summed E-state index contributed by atoms with van der Waals surface area (Å²) in [5.74, 6) is 4.89. The second-order valence-corrected chi connectivity index (χ2v) is 7.00. The van der Waals surface area contributed by atoms with Gasteiger partial charge < -0.3 is 5.73 Å². The molecule has 0 aliphatic heterocycles. The lowest BCUT2D eigenvalue weighted by atomic mass is 9.52. The maximum Gasteiger partial charge on any atom is 0.0387 e. The first-order valence-corrected chi connectivity index (χ1v) is 7.82. The molecule has 1 heteroatoms. The minimum absolute atomic E-state index is 0.826. The standard InChI is InChI=1S/C18H23N/c19-18-4-2-1-3-14(18)5-6-17-15-8-12-7-13(10-15)11-16(17)9-12/h1-6,12-13,15-17H,7-11,19H2/b6-5-. The second-order valence-electron chi connectivity index (χ2n) is 7.00. The highest BCUT2D eigenvalue weighted by atomic mass is 14.6. The Hall–Kier alpha value is -1.24. The molecule has 5 rings (SSSR count). The first-order chi connectivity index (χ1) is 9.29. The summed E-state index contributed by atoms with van der Waals surface area (Å²) in [5, 5.41) is 0. The van der Waals surface area contributed by atoms with E-state index in [9.17, 15) is 0 Å². The molecule has 4 aliphatic carbocycles. The maximum absolute atomic E-state index is 6.03. The topological polar surface area (TPSA) is 26.0 Å². The number of anilines is 1. The molecular weight excluding hydrogens is 230 g/mol. The first-order valence-electron chi connectivity index (χ1n) is 7.82. The summed E-state index contributed by atoms with van der Waals surface area (Å²) < 4.78 is 0. The normalized spacial score (nSPS) is 40.1. The Balaban J connectivity index is 1.56. The van der Waals surface area contributed by atoms with Crippen molar-refractivity contribution in [3.63, 3.8) is 0 Å². The predicted molar refractivity (Wildman–Crippen MR) is 80.4 cm³/mol. The third kappa shape index (κ3) is 2.00. The van der Waals surface area contributed by atoms with Crippen molar-refractivity contribution in [3.05, 3.63) is 35.9 Å². The smallest absolute Gasteiger partial charge is 0.0387 e. The molecule has 0 heterocycles. The number of hydrogen-bond donors (Lipinski definition) is 1. The van der Waals surface area contributed by atoms with Crippen LogP contribution in [-0.4, -0.2) is 0 Å². The lowest BCUT2D eigenvalue weighted by Gasteiger charge is -2.53. The van der Waals surface area contributed by atoms with Crippen LogP contribution < -0.4 is 5.73 Å². The number of allylic oxidation sites excluding steroid dienone is 1. The Labute approximate surface area is 115 Å². The molecule has 100 valence electrons. The van der Waals surface area contributed by atoms with Gasteiger partial charge in [-0.15, -0.1) is 0 Å². The fraction of sp³-hybridized carbons (Fsp3) is 0.556. The Kier molecular flexibility index (Phi) is 2.68. The Morgan fingerprint density at radius 2 is 1.53 bits per heavy atom. The molecule has 1 nitrogen and oxygen atoms in total. The number of rotatable bonds is 2. The van der Waals surface area contributed by atoms with Crippen LogP contribution in [0, 0.1) is 29.6 Å². The van der Waals surface area contributed by atoms with Crippen molar-refractivity contribution in [2.24, 2.45) is 29.6 Å². The predicted octanol–water partition coefficient (Wildman–Crippen LogP) is 4.35. The fourth-order valence-electron chi connectivity index (χ4n) is 5.16. The van der Waals surface area contributed by atoms with Crippen LogP contribution in [0.3, 0.4) is 0 Å². The van der Waals surface area contributed by atoms with Crippen LogP contribution in [0.2, 0.25) is 0 Å². The molecule has 4 fully saturated rings. The van der Waals surface area contributed by atoms with Gasteiger partial charge in [0.15, 0.2) is 0 Å². The first kappa shape index (κ1) is 11.6. The molecule has 4 saturated carbocycles. The molecule has 0 saturated heterocycles. The van der Waals surface area contributed by atoms with Crippen LogP contribution in [0.1, 0.15) is 37.7 Å². The summed E-state index contributed by atoms with van der Waals surface area (Å²) >= 11 is 0. The average molecular weight is 253 g/mol. The molecule has 0 aromatic heterocycles. The highest BCUT2D eigenvalue weighted by Gasteiger charge is 2.46. The summed E-state index contributed by atoms with van der Waals surface area (Å²) in [6.07, 6.45) is 12.3. The van der Waals surface area contributed by atoms with Crippen molar-refractivity contribution in [3.8, 4) is 0 Å². The van der Waals surface area contributed by atoms with Gasteiger partial charge in [-0.05, 0) is 73.3 Å². The molecule has 0 spiro atoms. The fourth-order valence-corrected chi connectivity index (χ4v) is 5.16. The number of benzene rings is 1. The summed E-state index contributed by atoms with van der Waals surface area (Å²) in [4.78, 5) is 0. The minimum atomic E-state index is 0.826. The SMILES string of the molecule is Nc1ccccc1/C=C\C1C2CC3CC(C2)CC1C3. The van der Waals surface area contributed by atoms with Crippen LogP contribution in [0.4, 0.5) is 5.69 Å². The van der Waals surface area contributed by atoms with Gasteiger partial charge in [-0.2, -0.15) is 0 Å². The minimum Gasteiger partial charge on any atom is -0.398 e. The van der Waals surface area contributed by atoms with E-state index in [4.69, 9.17) is 5.73 Å². The Morgan fingerprint density at radius 3 is 2.16 bits per heavy atom. The third-order valence-corrected chi connectivity index (χ3v) is 5.79. The van der Waals surface area contributed by atoms with Gasteiger partial charge in [-0.1, -0.05) is 30.4 Å². The molecule has 19 heavy (non-hydrogen) atoms. The maximum atomic E-state index is 6.03. The summed E-state index contributed by atoms with van der Waals surface area (Å²) in [5.41, 5.74) is 8.13. The molecule has 1 aromatic carbocycles. The monoisotopic (exact) mass is 253 g/mol. The van der Waals surface area contributed by atoms with Crippen molar-refractivity contribution in [1.29, 1.82) is 0 Å². The quantitative estimate of drug-likeness (QED) is 0.779. The molecule has 0 radical (unpaired) electrons. The lowest BCUT2D eigenvalue weighted by Crippen LogP contribution is -2.44. The highest BCUT2D eigenvalue weighted by molar-refractivity contribution is 5.64. The van der Waals surface area contributed by atoms with Crippen molar-refractivity contribution in [2.75, 3.05) is 5.73 Å². The highest BCUT2D eigenvalue weighted by Crippen LogP contribution is 2.56. The zero-order valence-corrected chi connectivity index (χ0v) is 11.5. The zero-order chi connectivity index (χ0) is 12.8. The number of para-hydroxylation sites is 1. The van der Waals surface area contributed by atoms with Crippen LogP contribution in [-0.2, 0) is 0 Å². The Morgan fingerprint density at radius 1 is 0.895 bits per heavy atom. The van der Waals surface area contributed by atoms with Gasteiger partial charge in [0.2, 0.25) is 0 Å². The van der Waals surface area contributed by atoms with Gasteiger partial charge in [0.1, 0.15) is 0 Å². The van der Waals surface area contributed by atoms with E-state index in [-0.39, 0.29) is 0 Å². The van der Waals surface area contributed by atoms with E-state index >= 15 is 0 Å². The summed E-state index contributed by atoms with van der Waals surface area (Å²) in [7, 11) is 0. The van der Waals surface area contributed by atoms with Gasteiger partial charge in [0, 0.05) is 5.69 Å². The average Bonchev–Trinajstić information content (AvgIpc) is 2.39. The number of hydrogen-bond acceptors (Lipinski definition) is 1. The van der Waals surface area contributed by atoms with Gasteiger partial charge in [-0.3, -0.25) is 0 Å². The zero-order valence-electron chi connectivity index (χ0n) is 11.5. The molecular formula is C18H23N. The molecule has 0 unspecified atom stereocenters. The summed E-state index contributed by atoms with van der Waals surface area (Å²) in [6, 6.07) is 8.21. The molecule has 4 aliphatic rings. The third-order valence-electron chi connectivity index (χ3n) is 5.79. The van der Waals surface area contributed by atoms with Crippen molar-refractivity contribution < 1.29 is 0 Å². The number of nitrogen functional groups attached to an aromatic ring is 1. The van der Waals surface area contributed by atoms with Crippen molar-refractivity contribution in [1.82, 2.24) is 0 Å². The van der Waals surface area contributed by atoms with Gasteiger partial charge in [0.25, 0.3) is 0 Å². The summed E-state index contributed by atoms with van der Waals surface area (Å²) in [6.45, 7) is 0. The van der Waals surface area contributed by atoms with E-state index in [0.29, 0.717) is 0 Å². The molecule has 1 aromatic rings. The van der Waals surface area contributed by atoms with Gasteiger partial charge >= 0.3 is 0 Å². The lowest BCUT2D eigenvalue weighted by molar-refractivity contribution is -0.0158. The van der Waals surface area contributed by atoms with Crippen LogP contribution >= 0.6 is 0 Å². The van der Waals surface area contributed by atoms with Gasteiger partial charge in [-0.25, -0.2) is 0 Å². The molecule has 0 amide bonds. The second kappa shape index (κ2) is 4.40. The Bertz CT molecular complexity index is 474. The van der Waals surface area contributed by atoms with Crippen molar-refractivity contribution >= 4 is 11.8 Å². The number of nitrogens with two attached hydrogens (primary N) is 1. The molecule has 2 N–H and O–H groups in total. The van der Waals surface area contributed by atoms with E-state index in [1.165, 1.54) is 37.7 Å². The van der Waals surface area contributed by atoms with E-state index in [0.717, 1.165) is 35.3 Å². The molecule has 0 atom stereocenters. The van der Waals surface area contributed by atoms with E-state index in [1.807, 2.05) is 12.1 Å². The van der Waals surface area contributed by atoms with Gasteiger partial charge in [0.05, 0.1) is 0 Å². The van der Waals surface area contributed by atoms with E-state index in [1.54, 1.807) is 0 Å². The van der Waals surface area contributed by atoms with Crippen LogP contribution in [0.25, 0.3) is 6.08 Å². The van der Waals surface area contributed by atoms with E-state index < -0.39 is 0 Å². The van der Waals surface area contributed by atoms with Crippen LogP contribution in [0.15, 0.2) is 30.3 Å². The van der Waals surface area contributed by atoms with E-state index in [2.05, 4.69) is 24.3 Å². The molecule has 4 bridgehead atoms. The largest absolute Gasteiger partial charge is 0.398 e. The van der Waals surface area contributed by atoms with Crippen molar-refractivity contribution in [2.45, 2.75) is 32.1 Å². The van der Waals surface area contributed by atoms with Crippen LogP contribution in [0.5, 0.6) is 0 Å².